The van der Waals surface area contributed by atoms with Crippen LogP contribution in [0.4, 0.5) is 20.2 Å². The van der Waals surface area contributed by atoms with E-state index in [1.54, 1.807) is 41.4 Å². The van der Waals surface area contributed by atoms with Gasteiger partial charge in [-0.05, 0) is 98.0 Å². The van der Waals surface area contributed by atoms with Gasteiger partial charge in [-0.3, -0.25) is 25.4 Å². The molecule has 0 aliphatic carbocycles. The van der Waals surface area contributed by atoms with Gasteiger partial charge in [-0.25, -0.2) is 8.78 Å². The summed E-state index contributed by atoms with van der Waals surface area (Å²) in [7, 11) is 1.34. The van der Waals surface area contributed by atoms with Gasteiger partial charge in [0, 0.05) is 15.6 Å². The molecule has 7 nitrogen and oxygen atoms in total. The first-order chi connectivity index (χ1) is 34.5. The number of rotatable bonds is 10. The van der Waals surface area contributed by atoms with Gasteiger partial charge in [-0.2, -0.15) is 5.10 Å². The van der Waals surface area contributed by atoms with Crippen LogP contribution in [0.25, 0.3) is 0 Å². The number of carbonyl (C=O) groups is 2. The van der Waals surface area contributed by atoms with Crippen LogP contribution in [-0.2, 0) is 9.53 Å². The molecule has 9 rings (SSSR count). The summed E-state index contributed by atoms with van der Waals surface area (Å²) in [6.07, 6.45) is 0. The molecule has 0 radical (unpaired) electrons. The maximum absolute atomic E-state index is 14.9. The van der Waals surface area contributed by atoms with Gasteiger partial charge in [0.15, 0.2) is 0 Å². The zero-order chi connectivity index (χ0) is 51.6. The number of anilines is 2. The third kappa shape index (κ3) is 11.5. The van der Waals surface area contributed by atoms with E-state index in [9.17, 15) is 18.4 Å². The number of hydrazine groups is 1. The molecule has 1 heterocycles. The van der Waals surface area contributed by atoms with Gasteiger partial charge < -0.3 is 4.74 Å². The number of hydrogen-bond acceptors (Lipinski definition) is 6. The number of halogens is 6. The quantitative estimate of drug-likeness (QED) is 0.0810. The van der Waals surface area contributed by atoms with Crippen molar-refractivity contribution in [1.29, 1.82) is 0 Å². The first kappa shape index (κ1) is 53.2. The number of amides is 1. The van der Waals surface area contributed by atoms with Gasteiger partial charge in [-0.15, -0.1) is 0 Å². The van der Waals surface area contributed by atoms with E-state index in [4.69, 9.17) is 55.5 Å². The molecule has 2 unspecified atom stereocenters. The molecule has 0 saturated carbocycles. The van der Waals surface area contributed by atoms with E-state index in [0.29, 0.717) is 21.4 Å². The van der Waals surface area contributed by atoms with Crippen LogP contribution in [0.1, 0.15) is 49.8 Å². The second-order valence-electron chi connectivity index (χ2n) is 16.9. The molecular weight excluding hydrogens is 1010 g/mol. The second-order valence-corrected chi connectivity index (χ2v) is 25.7. The number of nitrogens with zero attached hydrogens (tertiary/aromatic N) is 2. The molecule has 14 heteroatoms. The summed E-state index contributed by atoms with van der Waals surface area (Å²) in [6, 6.07) is 58.3. The Morgan fingerprint density at radius 3 is 1.60 bits per heavy atom. The van der Waals surface area contributed by atoms with Crippen LogP contribution in [0.15, 0.2) is 199 Å². The van der Waals surface area contributed by atoms with Crippen LogP contribution >= 0.6 is 51.0 Å². The molecule has 0 fully saturated rings. The fourth-order valence-electron chi connectivity index (χ4n) is 8.49. The predicted octanol–water partition coefficient (Wildman–Crippen LogP) is 14.5. The standard InChI is InChI=1S/C26H24ClFN2O2.C18H15Cl2P.C14H12ClFN2O/c1-15-12-13-18(27)14-21(15)30-25(22-16(2)8-7-9-17(22)3)23(26(31)32-4)24(29-30)19-10-5-6-11-20(19)28;19-21(20,16-10-4-1-5-11-16,17-12-6-2-7-13-17)18-14-8-3-9-15-18;1-9-6-7-10(15)8-13(9)17-18-14(19)11-4-2-3-5-12(11)16/h5-14,23,25H,1-4H3;1-15H;2-8,17H,1H3,(H,18,19). The van der Waals surface area contributed by atoms with E-state index < -0.39 is 40.8 Å². The van der Waals surface area contributed by atoms with Crippen LogP contribution in [-0.4, -0.2) is 24.7 Å². The monoisotopic (exact) mass is 1060 g/mol. The zero-order valence-corrected chi connectivity index (χ0v) is 43.9. The summed E-state index contributed by atoms with van der Waals surface area (Å²) in [4.78, 5) is 25.0. The Hall–Kier alpha value is -6.58. The summed E-state index contributed by atoms with van der Waals surface area (Å²) >= 11 is 26.7. The van der Waals surface area contributed by atoms with E-state index in [1.807, 2.05) is 161 Å². The van der Waals surface area contributed by atoms with Crippen LogP contribution in [0.5, 0.6) is 0 Å². The maximum atomic E-state index is 14.9. The molecule has 2 N–H and O–H groups in total. The molecule has 1 amide bonds. The summed E-state index contributed by atoms with van der Waals surface area (Å²) in [5, 5.41) is 7.18. The van der Waals surface area contributed by atoms with Gasteiger partial charge in [-0.1, -0.05) is 83.9 Å². The van der Waals surface area contributed by atoms with Gasteiger partial charge in [0.05, 0.1) is 35.8 Å². The predicted molar refractivity (Wildman–Crippen MR) is 296 cm³/mol. The summed E-state index contributed by atoms with van der Waals surface area (Å²) in [5.74, 6) is -2.84. The van der Waals surface area contributed by atoms with E-state index in [0.717, 1.165) is 49.4 Å². The van der Waals surface area contributed by atoms with Crippen LogP contribution in [0.3, 0.4) is 0 Å². The van der Waals surface area contributed by atoms with Crippen molar-refractivity contribution in [2.75, 3.05) is 17.5 Å². The Kier molecular flexibility index (Phi) is 17.2. The minimum atomic E-state index is -3.43. The fourth-order valence-corrected chi connectivity index (χ4v) is 13.8. The van der Waals surface area contributed by atoms with Crippen molar-refractivity contribution < 1.29 is 23.1 Å². The van der Waals surface area contributed by atoms with Crippen molar-refractivity contribution >= 4 is 95.9 Å². The summed E-state index contributed by atoms with van der Waals surface area (Å²) in [6.45, 7) is 7.83. The van der Waals surface area contributed by atoms with E-state index in [-0.39, 0.29) is 11.1 Å². The molecular formula is C58H51Cl4F2N4O3P. The number of methoxy groups -OCH3 is 1. The SMILES string of the molecule is COC(=O)C1C(c2ccccc2F)=NN(c2cc(Cl)ccc2C)C1c1c(C)cccc1C.Cc1ccc(Cl)cc1NNC(=O)c1ccccc1F.ClP(Cl)(c1ccccc1)(c1ccccc1)c1ccccc1. The first-order valence-electron chi connectivity index (χ1n) is 22.7. The second kappa shape index (κ2) is 23.3. The fraction of sp³-hybridized carbons (Fsp3) is 0.121. The summed E-state index contributed by atoms with van der Waals surface area (Å²) < 4.78 is 33.5. The Morgan fingerprint density at radius 1 is 0.583 bits per heavy atom. The molecule has 8 aromatic rings. The molecule has 0 aromatic heterocycles. The van der Waals surface area contributed by atoms with Crippen LogP contribution < -0.4 is 31.8 Å². The first-order valence-corrected chi connectivity index (χ1v) is 27.5. The number of ether oxygens (including phenoxy) is 1. The summed E-state index contributed by atoms with van der Waals surface area (Å²) in [5.41, 5.74) is 12.0. The molecule has 0 saturated heterocycles. The van der Waals surface area contributed by atoms with Crippen molar-refractivity contribution in [1.82, 2.24) is 5.43 Å². The number of benzene rings is 8. The third-order valence-corrected chi connectivity index (χ3v) is 19.8. The minimum absolute atomic E-state index is 0.0188. The molecule has 2 atom stereocenters. The normalized spacial score (nSPS) is 14.5. The molecule has 0 bridgehead atoms. The van der Waals surface area contributed by atoms with Gasteiger partial charge in [0.2, 0.25) is 0 Å². The van der Waals surface area contributed by atoms with Crippen molar-refractivity contribution in [2.45, 2.75) is 33.7 Å². The number of esters is 1. The number of hydrazone groups is 1. The van der Waals surface area contributed by atoms with Crippen molar-refractivity contribution in [3.8, 4) is 0 Å². The Bertz CT molecular complexity index is 3120. The van der Waals surface area contributed by atoms with Crippen LogP contribution in [0, 0.1) is 45.2 Å². The number of carbonyl (C=O) groups excluding carboxylic acids is 2. The molecule has 8 aromatic carbocycles. The van der Waals surface area contributed by atoms with Crippen molar-refractivity contribution in [3.05, 3.63) is 255 Å². The van der Waals surface area contributed by atoms with Gasteiger partial charge in [0.1, 0.15) is 17.6 Å². The Balaban J connectivity index is 0.000000166. The molecule has 1 aliphatic heterocycles. The van der Waals surface area contributed by atoms with E-state index in [1.165, 1.54) is 31.4 Å². The average Bonchev–Trinajstić information content (AvgIpc) is 3.78. The topological polar surface area (TPSA) is 83.0 Å². The molecule has 72 heavy (non-hydrogen) atoms. The zero-order valence-electron chi connectivity index (χ0n) is 40.0. The third-order valence-electron chi connectivity index (χ3n) is 12.2. The molecule has 1 aliphatic rings. The molecule has 0 spiro atoms. The number of nitrogens with one attached hydrogen (secondary N) is 2. The van der Waals surface area contributed by atoms with E-state index in [2.05, 4.69) is 10.9 Å². The number of aryl methyl sites for hydroxylation is 4. The molecule has 368 valence electrons. The van der Waals surface area contributed by atoms with E-state index >= 15 is 0 Å². The van der Waals surface area contributed by atoms with Gasteiger partial charge >= 0.3 is 141 Å². The van der Waals surface area contributed by atoms with Crippen molar-refractivity contribution in [2.24, 2.45) is 11.0 Å². The Morgan fingerprint density at radius 2 is 1.07 bits per heavy atom. The van der Waals surface area contributed by atoms with Crippen molar-refractivity contribution in [3.63, 3.8) is 0 Å². The van der Waals surface area contributed by atoms with Gasteiger partial charge in [0.25, 0.3) is 5.91 Å². The number of hydrogen-bond donors (Lipinski definition) is 2. The average molecular weight is 1060 g/mol. The van der Waals surface area contributed by atoms with Crippen LogP contribution in [0.2, 0.25) is 10.0 Å². The Labute approximate surface area is 438 Å².